The van der Waals surface area contributed by atoms with E-state index in [-0.39, 0.29) is 6.04 Å². The fraction of sp³-hybridized carbons (Fsp3) is 0.467. The van der Waals surface area contributed by atoms with Crippen LogP contribution in [-0.2, 0) is 14.4 Å². The van der Waals surface area contributed by atoms with Crippen LogP contribution in [0.1, 0.15) is 32.6 Å². The Morgan fingerprint density at radius 3 is 2.52 bits per heavy atom. The van der Waals surface area contributed by atoms with E-state index in [0.29, 0.717) is 0 Å². The average molecular weight is 327 g/mol. The molecule has 2 rings (SSSR count). The third-order valence-corrected chi connectivity index (χ3v) is 4.92. The maximum Gasteiger partial charge on any atom is 0.280 e. The molecule has 116 valence electrons. The predicted octanol–water partition coefficient (Wildman–Crippen LogP) is 3.43. The van der Waals surface area contributed by atoms with Gasteiger partial charge in [0.25, 0.3) is 10.1 Å². The van der Waals surface area contributed by atoms with E-state index in [1.807, 2.05) is 18.7 Å². The highest BCUT2D eigenvalue weighted by Gasteiger charge is 2.15. The molecule has 0 bridgehead atoms. The second-order valence-corrected chi connectivity index (χ2v) is 8.03. The zero-order valence-corrected chi connectivity index (χ0v) is 14.0. The first-order valence-electron chi connectivity index (χ1n) is 7.01. The molecule has 0 aliphatic heterocycles. The van der Waals surface area contributed by atoms with Gasteiger partial charge < -0.3 is 0 Å². The van der Waals surface area contributed by atoms with Gasteiger partial charge in [0.1, 0.15) is 0 Å². The Hall–Kier alpha value is -0.820. The molecule has 1 atom stereocenters. The largest absolute Gasteiger partial charge is 0.280 e. The molecule has 0 aromatic rings. The molecule has 1 N–H and O–H groups in total. The standard InChI is InChI=1S/C15H21NO3S2/c1-12(16-19-21(2,17)18)13-8-10-15(11-9-13)20-14-6-4-3-5-7-14/h3-4,6,8,10,12,16H,5,7,9,11H2,1-2H3. The van der Waals surface area contributed by atoms with Gasteiger partial charge in [-0.15, -0.1) is 0 Å². The Bertz CT molecular complexity index is 600. The molecule has 0 radical (unpaired) electrons. The minimum atomic E-state index is -3.46. The quantitative estimate of drug-likeness (QED) is 0.758. The zero-order chi connectivity index (χ0) is 15.3. The predicted molar refractivity (Wildman–Crippen MR) is 88.0 cm³/mol. The van der Waals surface area contributed by atoms with Gasteiger partial charge in [0.15, 0.2) is 0 Å². The summed E-state index contributed by atoms with van der Waals surface area (Å²) in [6, 6.07) is -0.112. The lowest BCUT2D eigenvalue weighted by atomic mass is 9.99. The molecule has 1 unspecified atom stereocenters. The lowest BCUT2D eigenvalue weighted by molar-refractivity contribution is 0.183. The number of hydrogen-bond donors (Lipinski definition) is 1. The van der Waals surface area contributed by atoms with E-state index in [2.05, 4.69) is 40.1 Å². The first kappa shape index (κ1) is 16.5. The van der Waals surface area contributed by atoms with Crippen LogP contribution in [0.5, 0.6) is 0 Å². The second kappa shape index (κ2) is 7.45. The molecule has 0 heterocycles. The minimum Gasteiger partial charge on any atom is -0.198 e. The van der Waals surface area contributed by atoms with E-state index < -0.39 is 10.1 Å². The Morgan fingerprint density at radius 1 is 1.19 bits per heavy atom. The minimum absolute atomic E-state index is 0.112. The molecule has 21 heavy (non-hydrogen) atoms. The number of allylic oxidation sites excluding steroid dienone is 7. The van der Waals surface area contributed by atoms with Crippen molar-refractivity contribution in [1.82, 2.24) is 5.48 Å². The molecule has 0 fully saturated rings. The molecule has 0 aromatic heterocycles. The van der Waals surface area contributed by atoms with Crippen molar-refractivity contribution in [2.24, 2.45) is 0 Å². The van der Waals surface area contributed by atoms with Gasteiger partial charge in [0.05, 0.1) is 12.3 Å². The first-order valence-corrected chi connectivity index (χ1v) is 9.64. The van der Waals surface area contributed by atoms with Crippen molar-refractivity contribution in [3.8, 4) is 0 Å². The molecule has 0 amide bonds. The molecule has 6 heteroatoms. The van der Waals surface area contributed by atoms with E-state index in [1.54, 1.807) is 0 Å². The Labute approximate surface area is 131 Å². The van der Waals surface area contributed by atoms with Crippen molar-refractivity contribution in [3.05, 3.63) is 45.8 Å². The molecule has 4 nitrogen and oxygen atoms in total. The van der Waals surface area contributed by atoms with E-state index in [0.717, 1.165) is 37.5 Å². The summed E-state index contributed by atoms with van der Waals surface area (Å²) in [6.45, 7) is 1.90. The lowest BCUT2D eigenvalue weighted by Gasteiger charge is -2.20. The maximum atomic E-state index is 11.0. The highest BCUT2D eigenvalue weighted by atomic mass is 32.2. The molecular formula is C15H21NO3S2. The number of hydrogen-bond acceptors (Lipinski definition) is 5. The Balaban J connectivity index is 1.90. The molecule has 0 aromatic carbocycles. The van der Waals surface area contributed by atoms with Gasteiger partial charge in [-0.05, 0) is 42.4 Å². The smallest absolute Gasteiger partial charge is 0.198 e. The number of hydroxylamine groups is 1. The van der Waals surface area contributed by atoms with Crippen molar-refractivity contribution in [2.75, 3.05) is 6.26 Å². The van der Waals surface area contributed by atoms with Crippen molar-refractivity contribution in [1.29, 1.82) is 0 Å². The highest BCUT2D eigenvalue weighted by Crippen LogP contribution is 2.36. The zero-order valence-electron chi connectivity index (χ0n) is 12.3. The van der Waals surface area contributed by atoms with Gasteiger partial charge in [-0.1, -0.05) is 47.7 Å². The number of rotatable bonds is 6. The lowest BCUT2D eigenvalue weighted by Crippen LogP contribution is -2.30. The summed E-state index contributed by atoms with van der Waals surface area (Å²) >= 11 is 1.85. The van der Waals surface area contributed by atoms with Crippen molar-refractivity contribution in [2.45, 2.75) is 38.6 Å². The van der Waals surface area contributed by atoms with Gasteiger partial charge in [0, 0.05) is 0 Å². The highest BCUT2D eigenvalue weighted by molar-refractivity contribution is 8.06. The Morgan fingerprint density at radius 2 is 1.95 bits per heavy atom. The molecule has 0 saturated carbocycles. The van der Waals surface area contributed by atoms with Gasteiger partial charge in [-0.3, -0.25) is 0 Å². The summed E-state index contributed by atoms with van der Waals surface area (Å²) in [6.07, 6.45) is 15.9. The number of thioether (sulfide) groups is 1. The van der Waals surface area contributed by atoms with Crippen LogP contribution < -0.4 is 5.48 Å². The van der Waals surface area contributed by atoms with E-state index in [9.17, 15) is 8.42 Å². The van der Waals surface area contributed by atoms with Crippen LogP contribution in [0.4, 0.5) is 0 Å². The summed E-state index contributed by atoms with van der Waals surface area (Å²) in [5.74, 6) is 0. The summed E-state index contributed by atoms with van der Waals surface area (Å²) in [5, 5.41) is 0. The van der Waals surface area contributed by atoms with Gasteiger partial charge in [-0.25, -0.2) is 0 Å². The normalized spacial score (nSPS) is 20.6. The molecule has 0 saturated heterocycles. The fourth-order valence-electron chi connectivity index (χ4n) is 2.15. The van der Waals surface area contributed by atoms with Crippen molar-refractivity contribution in [3.63, 3.8) is 0 Å². The van der Waals surface area contributed by atoms with Gasteiger partial charge >= 0.3 is 0 Å². The topological polar surface area (TPSA) is 55.4 Å². The van der Waals surface area contributed by atoms with Crippen LogP contribution in [0.2, 0.25) is 0 Å². The second-order valence-electron chi connectivity index (χ2n) is 5.20. The van der Waals surface area contributed by atoms with E-state index in [1.165, 1.54) is 9.81 Å². The van der Waals surface area contributed by atoms with Crippen LogP contribution in [-0.4, -0.2) is 20.7 Å². The van der Waals surface area contributed by atoms with E-state index in [4.69, 9.17) is 0 Å². The van der Waals surface area contributed by atoms with Gasteiger partial charge in [0.2, 0.25) is 0 Å². The molecular weight excluding hydrogens is 306 g/mol. The van der Waals surface area contributed by atoms with Gasteiger partial charge in [-0.2, -0.15) is 18.2 Å². The van der Waals surface area contributed by atoms with E-state index >= 15 is 0 Å². The SMILES string of the molecule is CC(NOS(C)(=O)=O)C1=CC=C(SC2=CC=CCC2)CC1. The van der Waals surface area contributed by atoms with Crippen LogP contribution in [0.25, 0.3) is 0 Å². The Kier molecular flexibility index (Phi) is 5.87. The van der Waals surface area contributed by atoms with Crippen LogP contribution in [0, 0.1) is 0 Å². The third kappa shape index (κ3) is 5.82. The molecule has 2 aliphatic carbocycles. The summed E-state index contributed by atoms with van der Waals surface area (Å²) in [4.78, 5) is 2.77. The monoisotopic (exact) mass is 327 g/mol. The third-order valence-electron chi connectivity index (χ3n) is 3.31. The molecule has 0 spiro atoms. The average Bonchev–Trinajstić information content (AvgIpc) is 2.46. The van der Waals surface area contributed by atoms with Crippen molar-refractivity contribution >= 4 is 21.9 Å². The van der Waals surface area contributed by atoms with Crippen LogP contribution in [0.3, 0.4) is 0 Å². The number of nitrogens with one attached hydrogen (secondary N) is 1. The summed E-state index contributed by atoms with van der Waals surface area (Å²) < 4.78 is 26.6. The van der Waals surface area contributed by atoms with Crippen LogP contribution in [0.15, 0.2) is 45.8 Å². The molecule has 2 aliphatic rings. The first-order chi connectivity index (χ1) is 9.94. The fourth-order valence-corrected chi connectivity index (χ4v) is 3.51. The summed E-state index contributed by atoms with van der Waals surface area (Å²) in [5.41, 5.74) is 3.73. The maximum absolute atomic E-state index is 11.0. The van der Waals surface area contributed by atoms with Crippen molar-refractivity contribution < 1.29 is 12.7 Å². The summed E-state index contributed by atoms with van der Waals surface area (Å²) in [7, 11) is -3.46. The van der Waals surface area contributed by atoms with Crippen LogP contribution >= 0.6 is 11.8 Å².